The number of carbonyl (C=O) groups excluding carboxylic acids is 1. The van der Waals surface area contributed by atoms with Gasteiger partial charge in [0.2, 0.25) is 10.0 Å². The van der Waals surface area contributed by atoms with Crippen molar-refractivity contribution in [2.24, 2.45) is 0 Å². The Bertz CT molecular complexity index is 1390. The molecule has 1 aliphatic heterocycles. The minimum absolute atomic E-state index is 0.0501. The molecule has 1 saturated heterocycles. The van der Waals surface area contributed by atoms with Gasteiger partial charge in [0.05, 0.1) is 30.2 Å². The van der Waals surface area contributed by atoms with Gasteiger partial charge in [0.15, 0.2) is 0 Å². The van der Waals surface area contributed by atoms with Gasteiger partial charge in [-0.3, -0.25) is 0 Å². The summed E-state index contributed by atoms with van der Waals surface area (Å²) in [4.78, 5) is 12.0. The van der Waals surface area contributed by atoms with Crippen molar-refractivity contribution in [1.29, 1.82) is 0 Å². The van der Waals surface area contributed by atoms with Crippen LogP contribution in [0.2, 0.25) is 0 Å². The van der Waals surface area contributed by atoms with Crippen molar-refractivity contribution < 1.29 is 40.3 Å². The van der Waals surface area contributed by atoms with Crippen LogP contribution in [0.1, 0.15) is 32.1 Å². The number of halogens is 3. The highest BCUT2D eigenvalue weighted by Gasteiger charge is 2.35. The predicted octanol–water partition coefficient (Wildman–Crippen LogP) is 5.16. The van der Waals surface area contributed by atoms with Crippen LogP contribution in [0.3, 0.4) is 0 Å². The van der Waals surface area contributed by atoms with E-state index in [2.05, 4.69) is 5.32 Å². The molecule has 0 radical (unpaired) electrons. The molecular weight excluding hydrogens is 513 g/mol. The Morgan fingerprint density at radius 2 is 1.68 bits per heavy atom. The molecule has 0 bridgehead atoms. The van der Waals surface area contributed by atoms with E-state index in [9.17, 15) is 26.4 Å². The van der Waals surface area contributed by atoms with Crippen LogP contribution in [0.5, 0.6) is 0 Å². The zero-order chi connectivity index (χ0) is 27.0. The summed E-state index contributed by atoms with van der Waals surface area (Å²) in [5.74, 6) is 0.121. The van der Waals surface area contributed by atoms with Gasteiger partial charge in [-0.2, -0.15) is 17.5 Å². The van der Waals surface area contributed by atoms with Crippen LogP contribution in [0.4, 0.5) is 18.0 Å². The lowest BCUT2D eigenvalue weighted by atomic mass is 10.0. The molecule has 0 spiro atoms. The van der Waals surface area contributed by atoms with Crippen molar-refractivity contribution in [3.8, 4) is 11.1 Å². The molecule has 3 aromatic rings. The van der Waals surface area contributed by atoms with Crippen LogP contribution < -0.4 is 5.32 Å². The molecule has 37 heavy (non-hydrogen) atoms. The van der Waals surface area contributed by atoms with E-state index in [1.165, 1.54) is 40.7 Å². The van der Waals surface area contributed by atoms with E-state index in [1.807, 2.05) is 0 Å². The van der Waals surface area contributed by atoms with Gasteiger partial charge in [-0.25, -0.2) is 13.2 Å². The van der Waals surface area contributed by atoms with Gasteiger partial charge < -0.3 is 19.2 Å². The lowest BCUT2D eigenvalue weighted by Gasteiger charge is -2.26. The van der Waals surface area contributed by atoms with Gasteiger partial charge >= 0.3 is 12.3 Å². The number of morpholine rings is 1. The number of ether oxygens (including phenoxy) is 2. The van der Waals surface area contributed by atoms with E-state index in [4.69, 9.17) is 13.9 Å². The SMILES string of the molecule is CC(C)(C)OC(=O)NCc1cc2cc(-c3ccc(S(=O)(=O)N4CCOCC4)cc3)cc(C(F)(F)F)c2o1. The van der Waals surface area contributed by atoms with E-state index >= 15 is 0 Å². The second-order valence-corrected chi connectivity index (χ2v) is 11.5. The molecule has 2 aromatic carbocycles. The zero-order valence-electron chi connectivity index (χ0n) is 20.5. The first-order valence-corrected chi connectivity index (χ1v) is 13.0. The molecule has 1 amide bonds. The monoisotopic (exact) mass is 540 g/mol. The smallest absolute Gasteiger partial charge is 0.420 e. The molecule has 12 heteroatoms. The van der Waals surface area contributed by atoms with Gasteiger partial charge in [0, 0.05) is 18.5 Å². The maximum absolute atomic E-state index is 13.9. The Morgan fingerprint density at radius 1 is 1.03 bits per heavy atom. The van der Waals surface area contributed by atoms with Gasteiger partial charge in [-0.1, -0.05) is 12.1 Å². The zero-order valence-corrected chi connectivity index (χ0v) is 21.3. The quantitative estimate of drug-likeness (QED) is 0.480. The largest absolute Gasteiger partial charge is 0.459 e. The number of alkyl halides is 3. The van der Waals surface area contributed by atoms with Crippen LogP contribution in [-0.2, 0) is 32.2 Å². The summed E-state index contributed by atoms with van der Waals surface area (Å²) in [5, 5.41) is 2.65. The number of rotatable bonds is 5. The molecule has 8 nitrogen and oxygen atoms in total. The van der Waals surface area contributed by atoms with Crippen molar-refractivity contribution >= 4 is 27.1 Å². The summed E-state index contributed by atoms with van der Waals surface area (Å²) < 4.78 is 84.5. The normalized spacial score (nSPS) is 15.6. The minimum Gasteiger partial charge on any atom is -0.459 e. The van der Waals surface area contributed by atoms with E-state index in [0.717, 1.165) is 6.07 Å². The number of sulfonamides is 1. The first kappa shape index (κ1) is 27.0. The van der Waals surface area contributed by atoms with Crippen molar-refractivity contribution in [3.05, 3.63) is 53.8 Å². The average Bonchev–Trinajstić information content (AvgIpc) is 3.24. The third-order valence-corrected chi connectivity index (χ3v) is 7.49. The number of nitrogens with zero attached hydrogens (tertiary/aromatic N) is 1. The van der Waals surface area contributed by atoms with Crippen LogP contribution >= 0.6 is 0 Å². The van der Waals surface area contributed by atoms with Crippen molar-refractivity contribution in [2.45, 2.75) is 44.0 Å². The standard InChI is InChI=1S/C25H27F3N2O6S/c1-24(2,3)36-23(31)29-15-19-13-18-12-17(14-21(22(18)35-19)25(26,27)28)16-4-6-20(7-5-16)37(32,33)30-8-10-34-11-9-30/h4-7,12-14H,8-11,15H2,1-3H3,(H,29,31). The van der Waals surface area contributed by atoms with Crippen LogP contribution in [0.25, 0.3) is 22.1 Å². The van der Waals surface area contributed by atoms with E-state index in [-0.39, 0.29) is 46.8 Å². The molecule has 200 valence electrons. The molecule has 4 rings (SSSR count). The second kappa shape index (κ2) is 9.99. The number of furan rings is 1. The van der Waals surface area contributed by atoms with Crippen LogP contribution in [-0.4, -0.2) is 50.7 Å². The lowest BCUT2D eigenvalue weighted by Crippen LogP contribution is -2.40. The maximum Gasteiger partial charge on any atom is 0.420 e. The number of carbonyl (C=O) groups is 1. The molecule has 1 aliphatic rings. The van der Waals surface area contributed by atoms with Crippen LogP contribution in [0.15, 0.2) is 51.8 Å². The van der Waals surface area contributed by atoms with Gasteiger partial charge in [0.25, 0.3) is 0 Å². The third kappa shape index (κ3) is 6.25. The first-order chi connectivity index (χ1) is 17.2. The molecule has 1 fully saturated rings. The fourth-order valence-electron chi connectivity index (χ4n) is 3.90. The van der Waals surface area contributed by atoms with Crippen molar-refractivity contribution in [3.63, 3.8) is 0 Å². The molecule has 0 saturated carbocycles. The molecule has 0 unspecified atom stereocenters. The third-order valence-electron chi connectivity index (χ3n) is 5.57. The summed E-state index contributed by atoms with van der Waals surface area (Å²) in [5.41, 5.74) is -1.42. The second-order valence-electron chi connectivity index (χ2n) is 9.55. The topological polar surface area (TPSA) is 98.1 Å². The fraction of sp³-hybridized carbons (Fsp3) is 0.400. The summed E-state index contributed by atoms with van der Waals surface area (Å²) in [6, 6.07) is 9.60. The molecule has 1 N–H and O–H groups in total. The van der Waals surface area contributed by atoms with Gasteiger partial charge in [0.1, 0.15) is 16.9 Å². The number of benzene rings is 2. The highest BCUT2D eigenvalue weighted by Crippen LogP contribution is 2.39. The fourth-order valence-corrected chi connectivity index (χ4v) is 5.31. The summed E-state index contributed by atoms with van der Waals surface area (Å²) >= 11 is 0. The summed E-state index contributed by atoms with van der Waals surface area (Å²) in [6.45, 7) is 5.99. The number of amides is 1. The Labute approximate surface area is 212 Å². The number of nitrogens with one attached hydrogen (secondary N) is 1. The molecule has 2 heterocycles. The van der Waals surface area contributed by atoms with Crippen molar-refractivity contribution in [2.75, 3.05) is 26.3 Å². The lowest BCUT2D eigenvalue weighted by molar-refractivity contribution is -0.136. The number of hydrogen-bond donors (Lipinski definition) is 1. The first-order valence-electron chi connectivity index (χ1n) is 11.5. The predicted molar refractivity (Wildman–Crippen MR) is 129 cm³/mol. The molecule has 0 atom stereocenters. The van der Waals surface area contributed by atoms with Crippen LogP contribution in [0, 0.1) is 0 Å². The average molecular weight is 541 g/mol. The van der Waals surface area contributed by atoms with Gasteiger partial charge in [-0.15, -0.1) is 0 Å². The Kier molecular flexibility index (Phi) is 7.28. The Morgan fingerprint density at radius 3 is 2.27 bits per heavy atom. The van der Waals surface area contributed by atoms with Gasteiger partial charge in [-0.05, 0) is 62.2 Å². The maximum atomic E-state index is 13.9. The molecule has 1 aromatic heterocycles. The minimum atomic E-state index is -4.71. The van der Waals surface area contributed by atoms with E-state index < -0.39 is 33.5 Å². The Balaban J connectivity index is 1.63. The Hall–Kier alpha value is -3.09. The summed E-state index contributed by atoms with van der Waals surface area (Å²) in [7, 11) is -3.74. The molecular formula is C25H27F3N2O6S. The number of alkyl carbamates (subject to hydrolysis) is 1. The van der Waals surface area contributed by atoms with E-state index in [1.54, 1.807) is 20.8 Å². The molecule has 0 aliphatic carbocycles. The summed E-state index contributed by atoms with van der Waals surface area (Å²) in [6.07, 6.45) is -5.43. The van der Waals surface area contributed by atoms with E-state index in [0.29, 0.717) is 18.8 Å². The highest BCUT2D eigenvalue weighted by atomic mass is 32.2. The van der Waals surface area contributed by atoms with Crippen molar-refractivity contribution in [1.82, 2.24) is 9.62 Å². The number of hydrogen-bond acceptors (Lipinski definition) is 6. The highest BCUT2D eigenvalue weighted by molar-refractivity contribution is 7.89. The number of fused-ring (bicyclic) bond motifs is 1.